The number of hydrogen-bond acceptors (Lipinski definition) is 5. The van der Waals surface area contributed by atoms with Crippen LogP contribution in [0.5, 0.6) is 5.75 Å². The Morgan fingerprint density at radius 3 is 2.61 bits per heavy atom. The van der Waals surface area contributed by atoms with Crippen molar-refractivity contribution in [2.24, 2.45) is 0 Å². The molecule has 7 nitrogen and oxygen atoms in total. The van der Waals surface area contributed by atoms with Crippen LogP contribution in [0.4, 0.5) is 5.69 Å². The fraction of sp³-hybridized carbons (Fsp3) is 0.375. The standard InChI is InChI=1S/C24H29BrN4O3S/c1-3-4-14-32-21-9-8-18(25)16-20(21)22(30)27-24(33)26-19-7-5-6-17(15-19)23(31)29-12-10-28(2)11-13-29/h5-9,15-16H,3-4,10-14H2,1-2H3,(H2,26,27,30,33). The molecule has 2 aromatic carbocycles. The lowest BCUT2D eigenvalue weighted by Crippen LogP contribution is -2.47. The Morgan fingerprint density at radius 1 is 1.12 bits per heavy atom. The highest BCUT2D eigenvalue weighted by atomic mass is 79.9. The lowest BCUT2D eigenvalue weighted by atomic mass is 10.1. The highest BCUT2D eigenvalue weighted by Crippen LogP contribution is 2.24. The predicted molar refractivity (Wildman–Crippen MR) is 138 cm³/mol. The van der Waals surface area contributed by atoms with Gasteiger partial charge in [0.25, 0.3) is 11.8 Å². The topological polar surface area (TPSA) is 73.9 Å². The quantitative estimate of drug-likeness (QED) is 0.412. The van der Waals surface area contributed by atoms with E-state index in [1.807, 2.05) is 11.0 Å². The second-order valence-electron chi connectivity index (χ2n) is 7.93. The molecular weight excluding hydrogens is 504 g/mol. The van der Waals surface area contributed by atoms with Gasteiger partial charge in [0.2, 0.25) is 0 Å². The molecule has 0 saturated carbocycles. The Bertz CT molecular complexity index is 1010. The second-order valence-corrected chi connectivity index (χ2v) is 9.25. The zero-order valence-corrected chi connectivity index (χ0v) is 21.3. The smallest absolute Gasteiger partial charge is 0.261 e. The Kier molecular flexibility index (Phi) is 9.22. The molecule has 2 aromatic rings. The van der Waals surface area contributed by atoms with Crippen LogP contribution in [0.1, 0.15) is 40.5 Å². The van der Waals surface area contributed by atoms with Gasteiger partial charge in [-0.25, -0.2) is 0 Å². The first-order valence-electron chi connectivity index (χ1n) is 11.0. The Balaban J connectivity index is 1.63. The average molecular weight is 533 g/mol. The van der Waals surface area contributed by atoms with Gasteiger partial charge in [-0.1, -0.05) is 35.3 Å². The number of nitrogens with zero attached hydrogens (tertiary/aromatic N) is 2. The molecule has 0 bridgehead atoms. The zero-order valence-electron chi connectivity index (χ0n) is 18.9. The fourth-order valence-electron chi connectivity index (χ4n) is 3.39. The van der Waals surface area contributed by atoms with E-state index in [-0.39, 0.29) is 16.9 Å². The first-order chi connectivity index (χ1) is 15.9. The zero-order chi connectivity index (χ0) is 23.8. The van der Waals surface area contributed by atoms with E-state index < -0.39 is 0 Å². The monoisotopic (exact) mass is 532 g/mol. The van der Waals surface area contributed by atoms with Crippen LogP contribution in [0.25, 0.3) is 0 Å². The van der Waals surface area contributed by atoms with E-state index in [0.29, 0.717) is 42.3 Å². The van der Waals surface area contributed by atoms with Crippen molar-refractivity contribution in [3.8, 4) is 5.75 Å². The van der Waals surface area contributed by atoms with Crippen molar-refractivity contribution in [2.75, 3.05) is 45.2 Å². The number of likely N-dealkylation sites (N-methyl/N-ethyl adjacent to an activating group) is 1. The Labute approximate surface area is 208 Å². The molecule has 1 fully saturated rings. The summed E-state index contributed by atoms with van der Waals surface area (Å²) >= 11 is 8.75. The average Bonchev–Trinajstić information content (AvgIpc) is 2.80. The summed E-state index contributed by atoms with van der Waals surface area (Å²) in [6, 6.07) is 12.4. The summed E-state index contributed by atoms with van der Waals surface area (Å²) in [5.41, 5.74) is 1.61. The maximum absolute atomic E-state index is 12.9. The second kappa shape index (κ2) is 12.1. The highest BCUT2D eigenvalue weighted by molar-refractivity contribution is 9.10. The van der Waals surface area contributed by atoms with Gasteiger partial charge in [-0.3, -0.25) is 14.9 Å². The van der Waals surface area contributed by atoms with Gasteiger partial charge in [-0.15, -0.1) is 0 Å². The van der Waals surface area contributed by atoms with Crippen LogP contribution in [0, 0.1) is 0 Å². The van der Waals surface area contributed by atoms with Crippen molar-refractivity contribution in [1.29, 1.82) is 0 Å². The van der Waals surface area contributed by atoms with Crippen LogP contribution >= 0.6 is 28.1 Å². The van der Waals surface area contributed by atoms with Gasteiger partial charge in [-0.2, -0.15) is 0 Å². The van der Waals surface area contributed by atoms with Gasteiger partial charge >= 0.3 is 0 Å². The molecule has 1 saturated heterocycles. The van der Waals surface area contributed by atoms with Crippen molar-refractivity contribution in [3.63, 3.8) is 0 Å². The predicted octanol–water partition coefficient (Wildman–Crippen LogP) is 4.14. The molecule has 2 amide bonds. The van der Waals surface area contributed by atoms with Gasteiger partial charge < -0.3 is 19.9 Å². The van der Waals surface area contributed by atoms with Gasteiger partial charge in [0.1, 0.15) is 5.75 Å². The number of carbonyl (C=O) groups excluding carboxylic acids is 2. The van der Waals surface area contributed by atoms with Crippen LogP contribution < -0.4 is 15.4 Å². The first-order valence-corrected chi connectivity index (χ1v) is 12.2. The maximum atomic E-state index is 12.9. The molecule has 3 rings (SSSR count). The summed E-state index contributed by atoms with van der Waals surface area (Å²) in [4.78, 5) is 29.8. The Morgan fingerprint density at radius 2 is 1.88 bits per heavy atom. The van der Waals surface area contributed by atoms with Gasteiger partial charge in [0, 0.05) is 41.9 Å². The van der Waals surface area contributed by atoms with Gasteiger partial charge in [0.05, 0.1) is 12.2 Å². The normalized spacial score (nSPS) is 14.0. The van der Waals surface area contributed by atoms with E-state index in [1.165, 1.54) is 0 Å². The van der Waals surface area contributed by atoms with Crippen molar-refractivity contribution < 1.29 is 14.3 Å². The van der Waals surface area contributed by atoms with E-state index in [2.05, 4.69) is 45.4 Å². The number of carbonyl (C=O) groups is 2. The third-order valence-electron chi connectivity index (χ3n) is 5.33. The number of halogens is 1. The van der Waals surface area contributed by atoms with Crippen molar-refractivity contribution in [3.05, 3.63) is 58.1 Å². The lowest BCUT2D eigenvalue weighted by molar-refractivity contribution is 0.0664. The minimum atomic E-state index is -0.370. The number of nitrogens with one attached hydrogen (secondary N) is 2. The molecule has 1 heterocycles. The molecule has 0 radical (unpaired) electrons. The maximum Gasteiger partial charge on any atom is 0.261 e. The molecular formula is C24H29BrN4O3S. The fourth-order valence-corrected chi connectivity index (χ4v) is 3.96. The molecule has 176 valence electrons. The number of thiocarbonyl (C=S) groups is 1. The molecule has 33 heavy (non-hydrogen) atoms. The minimum Gasteiger partial charge on any atom is -0.493 e. The summed E-state index contributed by atoms with van der Waals surface area (Å²) in [5.74, 6) is 0.126. The molecule has 0 unspecified atom stereocenters. The van der Waals surface area contributed by atoms with Crippen LogP contribution in [0.2, 0.25) is 0 Å². The molecule has 0 aliphatic carbocycles. The van der Waals surface area contributed by atoms with E-state index >= 15 is 0 Å². The van der Waals surface area contributed by atoms with E-state index in [9.17, 15) is 9.59 Å². The number of piperazine rings is 1. The summed E-state index contributed by atoms with van der Waals surface area (Å²) in [5, 5.41) is 5.84. The molecule has 0 spiro atoms. The van der Waals surface area contributed by atoms with E-state index in [0.717, 1.165) is 30.4 Å². The largest absolute Gasteiger partial charge is 0.493 e. The number of ether oxygens (including phenoxy) is 1. The van der Waals surface area contributed by atoms with Crippen LogP contribution in [0.3, 0.4) is 0 Å². The Hall–Kier alpha value is -2.49. The third-order valence-corrected chi connectivity index (χ3v) is 6.02. The summed E-state index contributed by atoms with van der Waals surface area (Å²) < 4.78 is 6.54. The molecule has 9 heteroatoms. The number of rotatable bonds is 7. The van der Waals surface area contributed by atoms with Crippen molar-refractivity contribution in [2.45, 2.75) is 19.8 Å². The van der Waals surface area contributed by atoms with Crippen molar-refractivity contribution >= 4 is 50.8 Å². The van der Waals surface area contributed by atoms with Crippen LogP contribution in [-0.2, 0) is 0 Å². The molecule has 2 N–H and O–H groups in total. The summed E-state index contributed by atoms with van der Waals surface area (Å²) in [6.07, 6.45) is 1.91. The number of unbranched alkanes of at least 4 members (excludes halogenated alkanes) is 1. The number of hydrogen-bond donors (Lipinski definition) is 2. The number of amides is 2. The van der Waals surface area contributed by atoms with Crippen LogP contribution in [-0.4, -0.2) is 66.6 Å². The first kappa shape index (κ1) is 25.1. The minimum absolute atomic E-state index is 0.00953. The van der Waals surface area contributed by atoms with Gasteiger partial charge in [-0.05, 0) is 62.1 Å². The van der Waals surface area contributed by atoms with E-state index in [4.69, 9.17) is 17.0 Å². The highest BCUT2D eigenvalue weighted by Gasteiger charge is 2.21. The molecule has 1 aliphatic heterocycles. The summed E-state index contributed by atoms with van der Waals surface area (Å²) in [6.45, 7) is 5.75. The van der Waals surface area contributed by atoms with Crippen LogP contribution in [0.15, 0.2) is 46.9 Å². The number of anilines is 1. The van der Waals surface area contributed by atoms with E-state index in [1.54, 1.807) is 36.4 Å². The SMILES string of the molecule is CCCCOc1ccc(Br)cc1C(=O)NC(=S)Nc1cccc(C(=O)N2CCN(C)CC2)c1. The lowest BCUT2D eigenvalue weighted by Gasteiger charge is -2.32. The summed E-state index contributed by atoms with van der Waals surface area (Å²) in [7, 11) is 2.05. The molecule has 0 atom stereocenters. The van der Waals surface area contributed by atoms with Gasteiger partial charge in [0.15, 0.2) is 5.11 Å². The molecule has 0 aromatic heterocycles. The third kappa shape index (κ3) is 7.25. The number of benzene rings is 2. The van der Waals surface area contributed by atoms with Crippen molar-refractivity contribution in [1.82, 2.24) is 15.1 Å². The molecule has 1 aliphatic rings.